The molecule has 11 heteroatoms. The van der Waals surface area contributed by atoms with Gasteiger partial charge in [-0.1, -0.05) is 65.6 Å². The van der Waals surface area contributed by atoms with Gasteiger partial charge in [-0.2, -0.15) is 0 Å². The van der Waals surface area contributed by atoms with Gasteiger partial charge in [0.05, 0.1) is 21.6 Å². The second-order valence-corrected chi connectivity index (χ2v) is 11.5. The lowest BCUT2D eigenvalue weighted by Crippen LogP contribution is -2.32. The van der Waals surface area contributed by atoms with Crippen LogP contribution in [-0.2, 0) is 16.2 Å². The van der Waals surface area contributed by atoms with Crippen molar-refractivity contribution in [3.8, 4) is 5.75 Å². The Hall–Kier alpha value is -4.22. The van der Waals surface area contributed by atoms with E-state index in [4.69, 9.17) is 4.74 Å². The Bertz CT molecular complexity index is 1680. The van der Waals surface area contributed by atoms with Crippen molar-refractivity contribution in [3.05, 3.63) is 114 Å². The minimum Gasteiger partial charge on any atom is -0.489 e. The molecule has 0 aliphatic carbocycles. The zero-order valence-electron chi connectivity index (χ0n) is 20.5. The van der Waals surface area contributed by atoms with Crippen molar-refractivity contribution < 1.29 is 19.2 Å². The summed E-state index contributed by atoms with van der Waals surface area (Å²) in [4.78, 5) is 54.9. The first-order valence-corrected chi connectivity index (χ1v) is 13.8. The highest BCUT2D eigenvalue weighted by atomic mass is 32.2. The number of aromatic nitrogens is 1. The van der Waals surface area contributed by atoms with E-state index >= 15 is 0 Å². The SMILES string of the molecule is Cc1ccccc1COc1ccccc1[C@H]1c2sc(=O)[nH]c2SC2C(=O)N(c3ccc([N+](=O)[O-])cc3)C(=O)C21. The van der Waals surface area contributed by atoms with Gasteiger partial charge < -0.3 is 9.72 Å². The third-order valence-corrected chi connectivity index (χ3v) is 9.44. The number of aromatic amines is 1. The highest BCUT2D eigenvalue weighted by Crippen LogP contribution is 2.54. The molecule has 1 N–H and O–H groups in total. The minimum absolute atomic E-state index is 0.137. The molecule has 0 saturated carbocycles. The Morgan fingerprint density at radius 3 is 2.44 bits per heavy atom. The molecule has 1 saturated heterocycles. The summed E-state index contributed by atoms with van der Waals surface area (Å²) in [7, 11) is 0. The summed E-state index contributed by atoms with van der Waals surface area (Å²) in [6, 6.07) is 20.6. The van der Waals surface area contributed by atoms with Crippen molar-refractivity contribution in [2.24, 2.45) is 5.92 Å². The molecule has 4 aromatic rings. The maximum Gasteiger partial charge on any atom is 0.305 e. The lowest BCUT2D eigenvalue weighted by atomic mass is 9.82. The number of amides is 2. The normalized spacial score (nSPS) is 20.0. The van der Waals surface area contributed by atoms with E-state index in [0.717, 1.165) is 27.4 Å². The molecule has 2 amide bonds. The summed E-state index contributed by atoms with van der Waals surface area (Å²) >= 11 is 2.21. The number of thiazole rings is 1. The number of thioether (sulfide) groups is 1. The zero-order chi connectivity index (χ0) is 27.3. The largest absolute Gasteiger partial charge is 0.489 e. The molecule has 39 heavy (non-hydrogen) atoms. The number of carbonyl (C=O) groups excluding carboxylic acids is 2. The first-order valence-electron chi connectivity index (χ1n) is 12.1. The molecule has 0 spiro atoms. The molecule has 196 valence electrons. The molecule has 6 rings (SSSR count). The van der Waals surface area contributed by atoms with Crippen molar-refractivity contribution in [2.45, 2.75) is 29.7 Å². The molecule has 2 aliphatic rings. The van der Waals surface area contributed by atoms with E-state index in [1.54, 1.807) is 0 Å². The van der Waals surface area contributed by atoms with Gasteiger partial charge in [-0.3, -0.25) is 24.5 Å². The number of fused-ring (bicyclic) bond motifs is 2. The van der Waals surface area contributed by atoms with E-state index in [1.807, 2.05) is 55.5 Å². The molecule has 0 bridgehead atoms. The fourth-order valence-corrected chi connectivity index (χ4v) is 7.63. The highest BCUT2D eigenvalue weighted by molar-refractivity contribution is 8.00. The monoisotopic (exact) mass is 559 g/mol. The van der Waals surface area contributed by atoms with E-state index in [1.165, 1.54) is 36.0 Å². The molecule has 0 radical (unpaired) electrons. The van der Waals surface area contributed by atoms with Gasteiger partial charge in [-0.15, -0.1) is 0 Å². The van der Waals surface area contributed by atoms with E-state index in [2.05, 4.69) is 4.98 Å². The first-order chi connectivity index (χ1) is 18.8. The summed E-state index contributed by atoms with van der Waals surface area (Å²) in [5, 5.41) is 10.9. The standard InChI is InChI=1S/C28H21N3O6S2/c1-15-6-2-3-7-16(15)14-37-20-9-5-4-8-19(20)21-22-24(38-25-23(21)39-28(34)29-25)27(33)30(26(22)32)17-10-12-18(13-11-17)31(35)36/h2-13,21-22,24H,14H2,1H3,(H,29,34)/t21-,22?,24?/m1/s1. The van der Waals surface area contributed by atoms with Gasteiger partial charge in [0.25, 0.3) is 5.69 Å². The van der Waals surface area contributed by atoms with Gasteiger partial charge in [0.1, 0.15) is 17.6 Å². The smallest absolute Gasteiger partial charge is 0.305 e. The lowest BCUT2D eigenvalue weighted by molar-refractivity contribution is -0.384. The second kappa shape index (κ2) is 9.83. The quantitative estimate of drug-likeness (QED) is 0.200. The molecule has 3 atom stereocenters. The van der Waals surface area contributed by atoms with Crippen LogP contribution in [0.2, 0.25) is 0 Å². The average Bonchev–Trinajstić information content (AvgIpc) is 3.42. The molecular formula is C28H21N3O6S2. The Morgan fingerprint density at radius 1 is 0.974 bits per heavy atom. The predicted molar refractivity (Wildman–Crippen MR) is 147 cm³/mol. The number of benzene rings is 3. The van der Waals surface area contributed by atoms with Crippen LogP contribution < -0.4 is 14.5 Å². The van der Waals surface area contributed by atoms with E-state index in [0.29, 0.717) is 27.8 Å². The Balaban J connectivity index is 1.41. The van der Waals surface area contributed by atoms with Gasteiger partial charge in [-0.25, -0.2) is 4.90 Å². The number of anilines is 1. The molecule has 1 fully saturated rings. The third kappa shape index (κ3) is 4.33. The Kier molecular flexibility index (Phi) is 6.32. The van der Waals surface area contributed by atoms with Crippen LogP contribution in [-0.4, -0.2) is 27.0 Å². The molecule has 9 nitrogen and oxygen atoms in total. The maximum absolute atomic E-state index is 13.9. The topological polar surface area (TPSA) is 123 Å². The molecule has 2 unspecified atom stereocenters. The number of nitro groups is 1. The van der Waals surface area contributed by atoms with Crippen molar-refractivity contribution in [3.63, 3.8) is 0 Å². The summed E-state index contributed by atoms with van der Waals surface area (Å²) in [5.74, 6) is -1.67. The fourth-order valence-electron chi connectivity index (χ4n) is 5.13. The number of nitro benzene ring substituents is 1. The van der Waals surface area contributed by atoms with E-state index < -0.39 is 33.8 Å². The number of H-pyrrole nitrogens is 1. The van der Waals surface area contributed by atoms with Crippen LogP contribution >= 0.6 is 23.1 Å². The van der Waals surface area contributed by atoms with Gasteiger partial charge in [0.2, 0.25) is 11.8 Å². The van der Waals surface area contributed by atoms with Gasteiger partial charge in [0.15, 0.2) is 0 Å². The molecule has 3 heterocycles. The van der Waals surface area contributed by atoms with Crippen LogP contribution in [0.1, 0.15) is 27.5 Å². The van der Waals surface area contributed by atoms with Crippen LogP contribution in [0, 0.1) is 23.0 Å². The number of nitrogens with zero attached hydrogens (tertiary/aromatic N) is 2. The number of nitrogens with one attached hydrogen (secondary N) is 1. The second-order valence-electron chi connectivity index (χ2n) is 9.29. The van der Waals surface area contributed by atoms with Gasteiger partial charge in [0, 0.05) is 28.5 Å². The van der Waals surface area contributed by atoms with Crippen molar-refractivity contribution in [1.82, 2.24) is 4.98 Å². The Morgan fingerprint density at radius 2 is 1.69 bits per heavy atom. The minimum atomic E-state index is -0.792. The number of hydrogen-bond donors (Lipinski definition) is 1. The number of ether oxygens (including phenoxy) is 1. The molecular weight excluding hydrogens is 538 g/mol. The molecule has 3 aromatic carbocycles. The van der Waals surface area contributed by atoms with Crippen LogP contribution in [0.15, 0.2) is 82.6 Å². The summed E-state index contributed by atoms with van der Waals surface area (Å²) in [5.41, 5.74) is 2.95. The number of non-ortho nitro benzene ring substituents is 1. The predicted octanol–water partition coefficient (Wildman–Crippen LogP) is 5.03. The maximum atomic E-state index is 13.9. The van der Waals surface area contributed by atoms with Crippen LogP contribution in [0.4, 0.5) is 11.4 Å². The van der Waals surface area contributed by atoms with Crippen LogP contribution in [0.3, 0.4) is 0 Å². The van der Waals surface area contributed by atoms with Crippen LogP contribution in [0.25, 0.3) is 0 Å². The van der Waals surface area contributed by atoms with Crippen molar-refractivity contribution in [1.29, 1.82) is 0 Å². The number of carbonyl (C=O) groups is 2. The average molecular weight is 560 g/mol. The molecule has 2 aliphatic heterocycles. The number of imide groups is 1. The van der Waals surface area contributed by atoms with Crippen molar-refractivity contribution >= 4 is 46.3 Å². The third-order valence-electron chi connectivity index (χ3n) is 7.04. The summed E-state index contributed by atoms with van der Waals surface area (Å²) < 4.78 is 6.27. The number of hydrogen-bond acceptors (Lipinski definition) is 8. The van der Waals surface area contributed by atoms with E-state index in [9.17, 15) is 24.5 Å². The number of para-hydroxylation sites is 1. The van der Waals surface area contributed by atoms with Gasteiger partial charge in [-0.05, 0) is 36.2 Å². The van der Waals surface area contributed by atoms with Crippen molar-refractivity contribution in [2.75, 3.05) is 4.90 Å². The van der Waals surface area contributed by atoms with Gasteiger partial charge >= 0.3 is 4.87 Å². The molecule has 1 aromatic heterocycles. The fraction of sp³-hybridized carbons (Fsp3) is 0.179. The summed E-state index contributed by atoms with van der Waals surface area (Å²) in [6.45, 7) is 2.32. The zero-order valence-corrected chi connectivity index (χ0v) is 22.2. The van der Waals surface area contributed by atoms with E-state index in [-0.39, 0.29) is 16.2 Å². The number of aryl methyl sites for hydroxylation is 1. The highest BCUT2D eigenvalue weighted by Gasteiger charge is 2.56. The Labute approximate surface area is 230 Å². The first kappa shape index (κ1) is 25.1. The lowest BCUT2D eigenvalue weighted by Gasteiger charge is -2.30. The summed E-state index contributed by atoms with van der Waals surface area (Å²) in [6.07, 6.45) is 0. The van der Waals surface area contributed by atoms with Crippen LogP contribution in [0.5, 0.6) is 5.75 Å². The number of rotatable bonds is 6.